The monoisotopic (exact) mass is 393 g/mol. The molecule has 3 aromatic rings. The van der Waals surface area contributed by atoms with Crippen LogP contribution in [0, 0.1) is 11.6 Å². The van der Waals surface area contributed by atoms with Gasteiger partial charge in [0, 0.05) is 17.1 Å². The van der Waals surface area contributed by atoms with Gasteiger partial charge in [-0.1, -0.05) is 23.4 Å². The van der Waals surface area contributed by atoms with E-state index in [1.807, 2.05) is 23.6 Å². The van der Waals surface area contributed by atoms with Gasteiger partial charge in [0.2, 0.25) is 0 Å². The van der Waals surface area contributed by atoms with Crippen molar-refractivity contribution in [3.63, 3.8) is 0 Å². The molecule has 134 valence electrons. The van der Waals surface area contributed by atoms with Gasteiger partial charge in [-0.05, 0) is 49.4 Å². The Morgan fingerprint density at radius 3 is 2.58 bits per heavy atom. The molecule has 0 saturated heterocycles. The van der Waals surface area contributed by atoms with Crippen LogP contribution >= 0.6 is 23.4 Å². The molecular weight excluding hydrogens is 380 g/mol. The van der Waals surface area contributed by atoms with Gasteiger partial charge in [0.25, 0.3) is 0 Å². The van der Waals surface area contributed by atoms with Crippen molar-refractivity contribution >= 4 is 29.1 Å². The summed E-state index contributed by atoms with van der Waals surface area (Å²) >= 11 is 7.04. The van der Waals surface area contributed by atoms with E-state index in [9.17, 15) is 13.6 Å². The van der Waals surface area contributed by atoms with Gasteiger partial charge in [0.1, 0.15) is 11.6 Å². The summed E-state index contributed by atoms with van der Waals surface area (Å²) in [6.07, 6.45) is 0. The Hall–Kier alpha value is -2.25. The predicted octanol–water partition coefficient (Wildman–Crippen LogP) is 4.87. The standard InChI is InChI=1S/C18H14ClF2N3OS/c1-2-24-17(11-3-5-12(19)6-4-11)22-23-18(24)26-10-16(25)14-9-13(20)7-8-15(14)21/h3-9H,2,10H2,1H3. The maximum atomic E-state index is 13.7. The van der Waals surface area contributed by atoms with Gasteiger partial charge in [0.15, 0.2) is 16.8 Å². The number of carbonyl (C=O) groups is 1. The molecule has 0 spiro atoms. The summed E-state index contributed by atoms with van der Waals surface area (Å²) in [6.45, 7) is 2.52. The van der Waals surface area contributed by atoms with Crippen molar-refractivity contribution in [3.05, 3.63) is 64.7 Å². The van der Waals surface area contributed by atoms with E-state index in [0.29, 0.717) is 22.5 Å². The van der Waals surface area contributed by atoms with Crippen molar-refractivity contribution in [2.75, 3.05) is 5.75 Å². The topological polar surface area (TPSA) is 47.8 Å². The van der Waals surface area contributed by atoms with E-state index in [-0.39, 0.29) is 11.3 Å². The minimum absolute atomic E-state index is 0.0703. The van der Waals surface area contributed by atoms with Crippen LogP contribution in [0.25, 0.3) is 11.4 Å². The minimum Gasteiger partial charge on any atom is -0.302 e. The lowest BCUT2D eigenvalue weighted by Crippen LogP contribution is -2.07. The molecule has 0 fully saturated rings. The second-order valence-electron chi connectivity index (χ2n) is 5.39. The highest BCUT2D eigenvalue weighted by atomic mass is 35.5. The van der Waals surface area contributed by atoms with Crippen LogP contribution in [0.5, 0.6) is 0 Å². The molecule has 4 nitrogen and oxygen atoms in total. The number of thioether (sulfide) groups is 1. The van der Waals surface area contributed by atoms with Gasteiger partial charge in [-0.15, -0.1) is 10.2 Å². The van der Waals surface area contributed by atoms with Gasteiger partial charge in [-0.25, -0.2) is 8.78 Å². The Morgan fingerprint density at radius 2 is 1.88 bits per heavy atom. The van der Waals surface area contributed by atoms with Crippen molar-refractivity contribution < 1.29 is 13.6 Å². The Kier molecular flexibility index (Phi) is 5.68. The van der Waals surface area contributed by atoms with Gasteiger partial charge < -0.3 is 4.57 Å². The van der Waals surface area contributed by atoms with Crippen LogP contribution < -0.4 is 0 Å². The summed E-state index contributed by atoms with van der Waals surface area (Å²) in [4.78, 5) is 12.2. The molecule has 1 heterocycles. The van der Waals surface area contributed by atoms with Gasteiger partial charge >= 0.3 is 0 Å². The maximum absolute atomic E-state index is 13.7. The number of aromatic nitrogens is 3. The number of Topliss-reactive ketones (excluding diaryl/α,β-unsaturated/α-hetero) is 1. The minimum atomic E-state index is -0.740. The molecule has 8 heteroatoms. The van der Waals surface area contributed by atoms with E-state index in [1.54, 1.807) is 12.1 Å². The smallest absolute Gasteiger partial charge is 0.191 e. The summed E-state index contributed by atoms with van der Waals surface area (Å²) in [5.74, 6) is -1.32. The third-order valence-electron chi connectivity index (χ3n) is 3.70. The summed E-state index contributed by atoms with van der Waals surface area (Å²) < 4.78 is 28.8. The van der Waals surface area contributed by atoms with Crippen molar-refractivity contribution in [1.29, 1.82) is 0 Å². The Bertz CT molecular complexity index is 944. The third-order valence-corrected chi connectivity index (χ3v) is 4.92. The maximum Gasteiger partial charge on any atom is 0.191 e. The highest BCUT2D eigenvalue weighted by Crippen LogP contribution is 2.26. The summed E-state index contributed by atoms with van der Waals surface area (Å²) in [5, 5.41) is 9.44. The summed E-state index contributed by atoms with van der Waals surface area (Å²) in [5.41, 5.74) is 0.580. The molecule has 0 saturated carbocycles. The molecule has 3 rings (SSSR count). The average molecular weight is 394 g/mol. The number of nitrogens with zero attached hydrogens (tertiary/aromatic N) is 3. The van der Waals surface area contributed by atoms with E-state index >= 15 is 0 Å². The predicted molar refractivity (Wildman–Crippen MR) is 97.6 cm³/mol. The third kappa shape index (κ3) is 3.94. The molecular formula is C18H14ClF2N3OS. The van der Waals surface area contributed by atoms with Gasteiger partial charge in [0.05, 0.1) is 11.3 Å². The number of benzene rings is 2. The molecule has 0 aliphatic rings. The van der Waals surface area contributed by atoms with Gasteiger partial charge in [-0.2, -0.15) is 0 Å². The number of ketones is 1. The van der Waals surface area contributed by atoms with E-state index in [2.05, 4.69) is 10.2 Å². The van der Waals surface area contributed by atoms with Crippen molar-refractivity contribution in [3.8, 4) is 11.4 Å². The fourth-order valence-corrected chi connectivity index (χ4v) is 3.42. The Labute approximate surface area is 158 Å². The molecule has 0 aliphatic heterocycles. The number of carbonyl (C=O) groups excluding carboxylic acids is 1. The second-order valence-corrected chi connectivity index (χ2v) is 6.77. The lowest BCUT2D eigenvalue weighted by Gasteiger charge is -2.07. The number of hydrogen-bond acceptors (Lipinski definition) is 4. The molecule has 0 radical (unpaired) electrons. The first-order valence-electron chi connectivity index (χ1n) is 7.79. The molecule has 0 unspecified atom stereocenters. The largest absolute Gasteiger partial charge is 0.302 e. The summed E-state index contributed by atoms with van der Waals surface area (Å²) in [6, 6.07) is 10.0. The van der Waals surface area contributed by atoms with E-state index < -0.39 is 17.4 Å². The van der Waals surface area contributed by atoms with E-state index in [0.717, 1.165) is 35.5 Å². The Morgan fingerprint density at radius 1 is 1.15 bits per heavy atom. The summed E-state index contributed by atoms with van der Waals surface area (Å²) in [7, 11) is 0. The van der Waals surface area contributed by atoms with Crippen LogP contribution in [-0.4, -0.2) is 26.3 Å². The Balaban J connectivity index is 1.79. The molecule has 1 aromatic heterocycles. The van der Waals surface area contributed by atoms with Crippen LogP contribution in [0.1, 0.15) is 17.3 Å². The molecule has 0 N–H and O–H groups in total. The highest BCUT2D eigenvalue weighted by Gasteiger charge is 2.17. The van der Waals surface area contributed by atoms with Crippen LogP contribution in [0.2, 0.25) is 5.02 Å². The quantitative estimate of drug-likeness (QED) is 0.442. The first-order valence-corrected chi connectivity index (χ1v) is 9.16. The highest BCUT2D eigenvalue weighted by molar-refractivity contribution is 7.99. The normalized spacial score (nSPS) is 10.9. The second kappa shape index (κ2) is 7.97. The number of rotatable bonds is 6. The first-order chi connectivity index (χ1) is 12.5. The SMILES string of the molecule is CCn1c(SCC(=O)c2cc(F)ccc2F)nnc1-c1ccc(Cl)cc1. The van der Waals surface area contributed by atoms with Crippen LogP contribution in [0.3, 0.4) is 0 Å². The van der Waals surface area contributed by atoms with Crippen LogP contribution in [0.15, 0.2) is 47.6 Å². The molecule has 26 heavy (non-hydrogen) atoms. The zero-order valence-electron chi connectivity index (χ0n) is 13.7. The van der Waals surface area contributed by atoms with E-state index in [4.69, 9.17) is 11.6 Å². The van der Waals surface area contributed by atoms with E-state index in [1.165, 1.54) is 0 Å². The zero-order chi connectivity index (χ0) is 18.7. The zero-order valence-corrected chi connectivity index (χ0v) is 15.3. The molecule has 0 amide bonds. The first kappa shape index (κ1) is 18.5. The average Bonchev–Trinajstić information content (AvgIpc) is 3.05. The van der Waals surface area contributed by atoms with Crippen LogP contribution in [-0.2, 0) is 6.54 Å². The molecule has 0 atom stereocenters. The number of halogens is 3. The lowest BCUT2D eigenvalue weighted by molar-refractivity contribution is 0.101. The fourth-order valence-electron chi connectivity index (χ4n) is 2.41. The molecule has 0 bridgehead atoms. The van der Waals surface area contributed by atoms with Crippen molar-refractivity contribution in [2.45, 2.75) is 18.6 Å². The molecule has 0 aliphatic carbocycles. The van der Waals surface area contributed by atoms with Gasteiger partial charge in [-0.3, -0.25) is 4.79 Å². The van der Waals surface area contributed by atoms with Crippen LogP contribution in [0.4, 0.5) is 8.78 Å². The van der Waals surface area contributed by atoms with Crippen molar-refractivity contribution in [2.24, 2.45) is 0 Å². The lowest BCUT2D eigenvalue weighted by atomic mass is 10.1. The fraction of sp³-hybridized carbons (Fsp3) is 0.167. The molecule has 2 aromatic carbocycles. The van der Waals surface area contributed by atoms with Crippen molar-refractivity contribution in [1.82, 2.24) is 14.8 Å². The number of hydrogen-bond donors (Lipinski definition) is 0.